The van der Waals surface area contributed by atoms with E-state index in [1.54, 1.807) is 0 Å². The smallest absolute Gasteiger partial charge is 0.119 e. The Balaban J connectivity index is 1.84. The topological polar surface area (TPSA) is 12.5 Å². The van der Waals surface area contributed by atoms with E-state index in [1.807, 2.05) is 6.07 Å². The number of hydrogen-bond acceptors (Lipinski definition) is 2. The van der Waals surface area contributed by atoms with Crippen LogP contribution in [0.15, 0.2) is 42.5 Å². The van der Waals surface area contributed by atoms with Crippen molar-refractivity contribution in [3.05, 3.63) is 69.7 Å². The summed E-state index contributed by atoms with van der Waals surface area (Å²) < 4.78 is 6.58. The minimum atomic E-state index is -0.304. The van der Waals surface area contributed by atoms with Crippen LogP contribution in [0.3, 0.4) is 0 Å². The molecule has 2 nitrogen and oxygen atoms in total. The first-order valence-electron chi connectivity index (χ1n) is 8.30. The number of ether oxygens (including phenoxy) is 1. The largest absolute Gasteiger partial charge is 0.364 e. The number of rotatable bonds is 4. The van der Waals surface area contributed by atoms with Gasteiger partial charge < -0.3 is 9.64 Å². The van der Waals surface area contributed by atoms with E-state index in [-0.39, 0.29) is 5.60 Å². The van der Waals surface area contributed by atoms with Gasteiger partial charge in [0.25, 0.3) is 0 Å². The zero-order chi connectivity index (χ0) is 16.0. The van der Waals surface area contributed by atoms with Crippen LogP contribution >= 0.6 is 11.6 Å². The van der Waals surface area contributed by atoms with Crippen molar-refractivity contribution in [3.63, 3.8) is 0 Å². The Kier molecular flexibility index (Phi) is 3.72. The zero-order valence-corrected chi connectivity index (χ0v) is 14.4. The number of nitrogens with zero attached hydrogens (tertiary/aromatic N) is 1. The van der Waals surface area contributed by atoms with Crippen molar-refractivity contribution in [2.75, 3.05) is 27.2 Å². The molecule has 3 aliphatic carbocycles. The molecule has 23 heavy (non-hydrogen) atoms. The number of fused-ring (bicyclic) bond motifs is 1. The first-order chi connectivity index (χ1) is 11.1. The van der Waals surface area contributed by atoms with Crippen molar-refractivity contribution < 1.29 is 4.74 Å². The molecule has 0 aliphatic heterocycles. The second-order valence-electron chi connectivity index (χ2n) is 6.89. The van der Waals surface area contributed by atoms with Gasteiger partial charge in [-0.05, 0) is 61.3 Å². The Morgan fingerprint density at radius 3 is 2.74 bits per heavy atom. The van der Waals surface area contributed by atoms with E-state index in [2.05, 4.69) is 55.4 Å². The average Bonchev–Trinajstić information content (AvgIpc) is 2.55. The molecule has 0 heterocycles. The van der Waals surface area contributed by atoms with E-state index in [4.69, 9.17) is 16.3 Å². The van der Waals surface area contributed by atoms with Crippen LogP contribution in [0.4, 0.5) is 0 Å². The molecular formula is C20H22ClNO. The van der Waals surface area contributed by atoms with Gasteiger partial charge in [0.15, 0.2) is 0 Å². The van der Waals surface area contributed by atoms with Gasteiger partial charge in [0.1, 0.15) is 5.60 Å². The van der Waals surface area contributed by atoms with E-state index in [0.717, 1.165) is 31.0 Å². The van der Waals surface area contributed by atoms with Crippen LogP contribution in [0, 0.1) is 0 Å². The Hall–Kier alpha value is -1.35. The Labute approximate surface area is 143 Å². The molecule has 0 aromatic heterocycles. The van der Waals surface area contributed by atoms with Crippen molar-refractivity contribution >= 4 is 11.6 Å². The second-order valence-corrected chi connectivity index (χ2v) is 7.33. The molecule has 0 N–H and O–H groups in total. The van der Waals surface area contributed by atoms with Crippen LogP contribution in [0.25, 0.3) is 0 Å². The first kappa shape index (κ1) is 15.2. The van der Waals surface area contributed by atoms with Crippen LogP contribution in [0.2, 0.25) is 5.02 Å². The lowest BCUT2D eigenvalue weighted by Gasteiger charge is -2.49. The standard InChI is InChI=1S/C20H22ClNO/c1-22(2)11-12-23-20-10-9-15(16-5-3-4-6-18(16)20)17-13-14(21)7-8-19(17)20/h3-8,13,15H,9-12H2,1-2H3. The molecule has 2 unspecified atom stereocenters. The van der Waals surface area contributed by atoms with Gasteiger partial charge in [-0.2, -0.15) is 0 Å². The Morgan fingerprint density at radius 1 is 1.13 bits per heavy atom. The number of benzene rings is 2. The van der Waals surface area contributed by atoms with Crippen molar-refractivity contribution in [3.8, 4) is 0 Å². The van der Waals surface area contributed by atoms with Crippen molar-refractivity contribution in [2.24, 2.45) is 0 Å². The van der Waals surface area contributed by atoms with Crippen LogP contribution in [0.1, 0.15) is 41.0 Å². The highest BCUT2D eigenvalue weighted by Crippen LogP contribution is 2.57. The minimum absolute atomic E-state index is 0.304. The van der Waals surface area contributed by atoms with Crippen LogP contribution < -0.4 is 0 Å². The van der Waals surface area contributed by atoms with Gasteiger partial charge in [0.2, 0.25) is 0 Å². The number of halogens is 1. The van der Waals surface area contributed by atoms with E-state index < -0.39 is 0 Å². The summed E-state index contributed by atoms with van der Waals surface area (Å²) in [6, 6.07) is 15.1. The summed E-state index contributed by atoms with van der Waals surface area (Å²) in [5.74, 6) is 0.458. The summed E-state index contributed by atoms with van der Waals surface area (Å²) in [6.45, 7) is 1.66. The van der Waals surface area contributed by atoms with E-state index in [1.165, 1.54) is 22.3 Å². The minimum Gasteiger partial charge on any atom is -0.364 e. The molecule has 3 aliphatic rings. The molecule has 2 aromatic rings. The van der Waals surface area contributed by atoms with Crippen molar-refractivity contribution in [1.29, 1.82) is 0 Å². The molecule has 0 radical (unpaired) electrons. The first-order valence-corrected chi connectivity index (χ1v) is 8.67. The van der Waals surface area contributed by atoms with Gasteiger partial charge in [0, 0.05) is 17.5 Å². The summed E-state index contributed by atoms with van der Waals surface area (Å²) in [5.41, 5.74) is 5.13. The summed E-state index contributed by atoms with van der Waals surface area (Å²) in [6.07, 6.45) is 2.18. The van der Waals surface area contributed by atoms with Crippen LogP contribution in [-0.2, 0) is 10.3 Å². The monoisotopic (exact) mass is 327 g/mol. The fraction of sp³-hybridized carbons (Fsp3) is 0.400. The predicted molar refractivity (Wildman–Crippen MR) is 94.3 cm³/mol. The lowest BCUT2D eigenvalue weighted by molar-refractivity contribution is -0.0436. The average molecular weight is 328 g/mol. The fourth-order valence-corrected chi connectivity index (χ4v) is 4.41. The quantitative estimate of drug-likeness (QED) is 0.825. The highest BCUT2D eigenvalue weighted by atomic mass is 35.5. The highest BCUT2D eigenvalue weighted by Gasteiger charge is 2.49. The van der Waals surface area contributed by atoms with E-state index in [9.17, 15) is 0 Å². The van der Waals surface area contributed by atoms with Gasteiger partial charge in [-0.1, -0.05) is 41.9 Å². The lowest BCUT2D eigenvalue weighted by atomic mass is 9.61. The van der Waals surface area contributed by atoms with Crippen molar-refractivity contribution in [2.45, 2.75) is 24.4 Å². The van der Waals surface area contributed by atoms with Gasteiger partial charge in [-0.25, -0.2) is 0 Å². The molecule has 5 rings (SSSR count). The maximum absolute atomic E-state index is 6.58. The third-order valence-electron chi connectivity index (χ3n) is 5.27. The van der Waals surface area contributed by atoms with E-state index >= 15 is 0 Å². The third-order valence-corrected chi connectivity index (χ3v) is 5.50. The van der Waals surface area contributed by atoms with Gasteiger partial charge in [-0.15, -0.1) is 0 Å². The highest BCUT2D eigenvalue weighted by molar-refractivity contribution is 6.30. The van der Waals surface area contributed by atoms with Crippen molar-refractivity contribution in [1.82, 2.24) is 4.90 Å². The molecular weight excluding hydrogens is 306 g/mol. The third kappa shape index (κ3) is 2.32. The number of hydrogen-bond donors (Lipinski definition) is 0. The van der Waals surface area contributed by atoms with Crippen LogP contribution in [-0.4, -0.2) is 32.1 Å². The summed E-state index contributed by atoms with van der Waals surface area (Å²) >= 11 is 6.28. The fourth-order valence-electron chi connectivity index (χ4n) is 4.23. The molecule has 3 heteroatoms. The van der Waals surface area contributed by atoms with E-state index in [0.29, 0.717) is 5.92 Å². The molecule has 2 bridgehead atoms. The molecule has 2 aromatic carbocycles. The molecule has 0 amide bonds. The lowest BCUT2D eigenvalue weighted by Crippen LogP contribution is -2.43. The zero-order valence-electron chi connectivity index (χ0n) is 13.7. The maximum Gasteiger partial charge on any atom is 0.119 e. The summed E-state index contributed by atoms with van der Waals surface area (Å²) in [7, 11) is 4.17. The molecule has 0 fully saturated rings. The molecule has 0 spiro atoms. The molecule has 0 saturated heterocycles. The maximum atomic E-state index is 6.58. The Morgan fingerprint density at radius 2 is 1.91 bits per heavy atom. The van der Waals surface area contributed by atoms with Crippen LogP contribution in [0.5, 0.6) is 0 Å². The predicted octanol–water partition coefficient (Wildman–Crippen LogP) is 4.40. The SMILES string of the molecule is CN(C)CCOC12CCC(c3ccccc31)c1cc(Cl)ccc12. The second kappa shape index (κ2) is 5.62. The normalized spacial score (nSPS) is 24.6. The van der Waals surface area contributed by atoms with Gasteiger partial charge in [0.05, 0.1) is 6.61 Å². The summed E-state index contributed by atoms with van der Waals surface area (Å²) in [5, 5.41) is 0.817. The van der Waals surface area contributed by atoms with Gasteiger partial charge >= 0.3 is 0 Å². The molecule has 120 valence electrons. The Bertz CT molecular complexity index is 742. The number of likely N-dealkylation sites (N-methyl/N-ethyl adjacent to an activating group) is 1. The molecule has 2 atom stereocenters. The summed E-state index contributed by atoms with van der Waals surface area (Å²) in [4.78, 5) is 2.17. The van der Waals surface area contributed by atoms with Gasteiger partial charge in [-0.3, -0.25) is 0 Å². The molecule has 0 saturated carbocycles.